The Labute approximate surface area is 137 Å². The van der Waals surface area contributed by atoms with E-state index in [9.17, 15) is 9.59 Å². The van der Waals surface area contributed by atoms with Crippen LogP contribution in [-0.2, 0) is 0 Å². The van der Waals surface area contributed by atoms with Crippen LogP contribution in [-0.4, -0.2) is 17.0 Å². The molecule has 0 heterocycles. The van der Waals surface area contributed by atoms with Crippen molar-refractivity contribution < 1.29 is 14.7 Å². The number of hydrogen-bond acceptors (Lipinski definition) is 2. The van der Waals surface area contributed by atoms with E-state index in [2.05, 4.69) is 43.8 Å². The summed E-state index contributed by atoms with van der Waals surface area (Å²) in [5.41, 5.74) is 0.826. The number of nitrogens with one attached hydrogen (secondary N) is 1. The summed E-state index contributed by atoms with van der Waals surface area (Å²) < 4.78 is 1.57. The molecule has 0 saturated carbocycles. The van der Waals surface area contributed by atoms with Gasteiger partial charge in [-0.05, 0) is 52.9 Å². The molecule has 2 rings (SSSR count). The van der Waals surface area contributed by atoms with Gasteiger partial charge in [0.05, 0.1) is 16.8 Å². The number of para-hydroxylation sites is 1. The summed E-state index contributed by atoms with van der Waals surface area (Å²) >= 11 is 5.37. The van der Waals surface area contributed by atoms with Gasteiger partial charge in [-0.1, -0.05) is 28.1 Å². The first-order valence-electron chi connectivity index (χ1n) is 5.58. The third-order valence-electron chi connectivity index (χ3n) is 2.58. The second kappa shape index (κ2) is 6.36. The van der Waals surface area contributed by atoms with Gasteiger partial charge in [0.15, 0.2) is 0 Å². The van der Waals surface area contributed by atoms with E-state index in [1.165, 1.54) is 6.07 Å². The molecule has 0 bridgehead atoms. The van der Waals surface area contributed by atoms with Crippen molar-refractivity contribution >= 4 is 56.1 Å². The van der Waals surface area contributed by atoms with Crippen molar-refractivity contribution in [2.24, 2.45) is 0 Å². The molecule has 0 fully saturated rings. The molecule has 0 saturated heterocycles. The number of carbonyl (C=O) groups is 2. The number of carboxylic acid groups (broad SMARTS) is 1. The zero-order valence-electron chi connectivity index (χ0n) is 10.1. The molecule has 2 aromatic rings. The number of halogens is 2. The summed E-state index contributed by atoms with van der Waals surface area (Å²) in [6.45, 7) is 0. The Morgan fingerprint density at radius 2 is 1.80 bits per heavy atom. The van der Waals surface area contributed by atoms with Gasteiger partial charge < -0.3 is 10.4 Å². The van der Waals surface area contributed by atoms with E-state index in [0.717, 1.165) is 8.04 Å². The second-order valence-corrected chi connectivity index (χ2v) is 6.01. The van der Waals surface area contributed by atoms with E-state index in [0.29, 0.717) is 5.56 Å². The molecule has 0 spiro atoms. The molecule has 1 amide bonds. The highest BCUT2D eigenvalue weighted by atomic mass is 127. The first-order valence-corrected chi connectivity index (χ1v) is 7.45. The van der Waals surface area contributed by atoms with Crippen LogP contribution in [0.1, 0.15) is 20.7 Å². The highest BCUT2D eigenvalue weighted by molar-refractivity contribution is 14.1. The van der Waals surface area contributed by atoms with Gasteiger partial charge in [-0.3, -0.25) is 4.79 Å². The lowest BCUT2D eigenvalue weighted by atomic mass is 10.1. The third kappa shape index (κ3) is 3.37. The lowest BCUT2D eigenvalue weighted by molar-refractivity contribution is 0.0698. The normalized spacial score (nSPS) is 10.1. The predicted molar refractivity (Wildman–Crippen MR) is 88.2 cm³/mol. The van der Waals surface area contributed by atoms with Gasteiger partial charge in [0.25, 0.3) is 5.91 Å². The Kier molecular flexibility index (Phi) is 4.77. The van der Waals surface area contributed by atoms with Crippen molar-refractivity contribution in [2.45, 2.75) is 0 Å². The lowest BCUT2D eigenvalue weighted by Gasteiger charge is -2.09. The highest BCUT2D eigenvalue weighted by Crippen LogP contribution is 2.21. The van der Waals surface area contributed by atoms with Gasteiger partial charge in [-0.15, -0.1) is 0 Å². The largest absolute Gasteiger partial charge is 0.478 e. The summed E-state index contributed by atoms with van der Waals surface area (Å²) in [4.78, 5) is 23.3. The molecule has 20 heavy (non-hydrogen) atoms. The summed E-state index contributed by atoms with van der Waals surface area (Å²) in [5, 5.41) is 11.7. The van der Waals surface area contributed by atoms with Gasteiger partial charge in [0.2, 0.25) is 0 Å². The minimum Gasteiger partial charge on any atom is -0.478 e. The second-order valence-electron chi connectivity index (χ2n) is 3.93. The Hall–Kier alpha value is -1.41. The fraction of sp³-hybridized carbons (Fsp3) is 0. The molecule has 102 valence electrons. The van der Waals surface area contributed by atoms with Crippen LogP contribution in [0.25, 0.3) is 0 Å². The molecule has 6 heteroatoms. The van der Waals surface area contributed by atoms with E-state index in [-0.39, 0.29) is 17.2 Å². The van der Waals surface area contributed by atoms with Crippen molar-refractivity contribution in [3.05, 3.63) is 61.6 Å². The minimum absolute atomic E-state index is 0.0610. The van der Waals surface area contributed by atoms with E-state index in [4.69, 9.17) is 5.11 Å². The Morgan fingerprint density at radius 3 is 2.50 bits per heavy atom. The summed E-state index contributed by atoms with van der Waals surface area (Å²) in [6, 6.07) is 11.6. The van der Waals surface area contributed by atoms with Gasteiger partial charge in [-0.2, -0.15) is 0 Å². The first-order chi connectivity index (χ1) is 9.49. The maximum atomic E-state index is 12.2. The maximum absolute atomic E-state index is 12.2. The van der Waals surface area contributed by atoms with Gasteiger partial charge in [-0.25, -0.2) is 4.79 Å². The number of hydrogen-bond donors (Lipinski definition) is 2. The van der Waals surface area contributed by atoms with Crippen LogP contribution < -0.4 is 5.32 Å². The predicted octanol–water partition coefficient (Wildman–Crippen LogP) is 4.00. The number of anilines is 1. The molecule has 0 aliphatic carbocycles. The standard InChI is InChI=1S/C14H9BrINO3/c15-8-5-6-11(16)10(7-8)13(18)17-12-4-2-1-3-9(12)14(19)20/h1-7H,(H,17,18)(H,19,20). The molecule has 0 aliphatic rings. The van der Waals surface area contributed by atoms with Crippen molar-refractivity contribution in [3.8, 4) is 0 Å². The Bertz CT molecular complexity index is 688. The van der Waals surface area contributed by atoms with Crippen LogP contribution >= 0.6 is 38.5 Å². The van der Waals surface area contributed by atoms with Crippen LogP contribution in [0.4, 0.5) is 5.69 Å². The minimum atomic E-state index is -1.08. The Balaban J connectivity index is 2.33. The van der Waals surface area contributed by atoms with Crippen LogP contribution in [0.2, 0.25) is 0 Å². The van der Waals surface area contributed by atoms with Crippen molar-refractivity contribution in [1.82, 2.24) is 0 Å². The third-order valence-corrected chi connectivity index (χ3v) is 4.01. The fourth-order valence-electron chi connectivity index (χ4n) is 1.64. The van der Waals surface area contributed by atoms with E-state index >= 15 is 0 Å². The van der Waals surface area contributed by atoms with Crippen LogP contribution in [0, 0.1) is 3.57 Å². The molecular weight excluding hydrogens is 437 g/mol. The number of amides is 1. The van der Waals surface area contributed by atoms with E-state index in [1.807, 2.05) is 12.1 Å². The fourth-order valence-corrected chi connectivity index (χ4v) is 2.58. The number of rotatable bonds is 3. The molecule has 2 N–H and O–H groups in total. The number of aromatic carboxylic acids is 1. The van der Waals surface area contributed by atoms with Crippen LogP contribution in [0.15, 0.2) is 46.9 Å². The molecule has 0 atom stereocenters. The zero-order chi connectivity index (χ0) is 14.7. The lowest BCUT2D eigenvalue weighted by Crippen LogP contribution is -2.16. The smallest absolute Gasteiger partial charge is 0.337 e. The summed E-state index contributed by atoms with van der Waals surface area (Å²) in [7, 11) is 0. The van der Waals surface area contributed by atoms with Crippen LogP contribution in [0.5, 0.6) is 0 Å². The van der Waals surface area contributed by atoms with Gasteiger partial charge in [0.1, 0.15) is 0 Å². The van der Waals surface area contributed by atoms with Gasteiger partial charge >= 0.3 is 5.97 Å². The molecule has 0 aromatic heterocycles. The average molecular weight is 446 g/mol. The van der Waals surface area contributed by atoms with Crippen molar-refractivity contribution in [3.63, 3.8) is 0 Å². The molecule has 2 aromatic carbocycles. The monoisotopic (exact) mass is 445 g/mol. The molecule has 4 nitrogen and oxygen atoms in total. The molecular formula is C14H9BrINO3. The summed E-state index contributed by atoms with van der Waals surface area (Å²) in [6.07, 6.45) is 0. The quantitative estimate of drug-likeness (QED) is 0.701. The molecule has 0 radical (unpaired) electrons. The average Bonchev–Trinajstić information content (AvgIpc) is 2.41. The maximum Gasteiger partial charge on any atom is 0.337 e. The van der Waals surface area contributed by atoms with Crippen LogP contribution in [0.3, 0.4) is 0 Å². The summed E-state index contributed by atoms with van der Waals surface area (Å²) in [5.74, 6) is -1.42. The zero-order valence-corrected chi connectivity index (χ0v) is 13.8. The van der Waals surface area contributed by atoms with Gasteiger partial charge in [0, 0.05) is 8.04 Å². The number of benzene rings is 2. The SMILES string of the molecule is O=C(Nc1ccccc1C(=O)O)c1cc(Br)ccc1I. The number of carbonyl (C=O) groups excluding carboxylic acids is 1. The number of carboxylic acids is 1. The first kappa shape index (κ1) is 15.0. The van der Waals surface area contributed by atoms with Crippen molar-refractivity contribution in [2.75, 3.05) is 5.32 Å². The molecule has 0 aliphatic heterocycles. The molecule has 0 unspecified atom stereocenters. The topological polar surface area (TPSA) is 66.4 Å². The van der Waals surface area contributed by atoms with E-state index < -0.39 is 5.97 Å². The highest BCUT2D eigenvalue weighted by Gasteiger charge is 2.15. The Morgan fingerprint density at radius 1 is 1.10 bits per heavy atom. The van der Waals surface area contributed by atoms with Crippen molar-refractivity contribution in [1.29, 1.82) is 0 Å². The van der Waals surface area contributed by atoms with E-state index in [1.54, 1.807) is 24.3 Å².